The molecule has 0 bridgehead atoms. The maximum Gasteiger partial charge on any atom is 0.640 e. The van der Waals surface area contributed by atoms with E-state index >= 15 is 0 Å². The molecule has 0 aliphatic rings. The molecule has 52 heavy (non-hydrogen) atoms. The van der Waals surface area contributed by atoms with Crippen molar-refractivity contribution in [1.82, 2.24) is 0 Å². The lowest BCUT2D eigenvalue weighted by molar-refractivity contribution is 0.0628. The first-order chi connectivity index (χ1) is 22.1. The highest BCUT2D eigenvalue weighted by Gasteiger charge is 2.65. The van der Waals surface area contributed by atoms with Crippen molar-refractivity contribution in [3.8, 4) is 0 Å². The molecule has 0 N–H and O–H groups in total. The summed E-state index contributed by atoms with van der Waals surface area (Å²) in [5, 5.41) is 0. The van der Waals surface area contributed by atoms with E-state index in [1.807, 2.05) is 0 Å². The van der Waals surface area contributed by atoms with E-state index in [4.69, 9.17) is 49.4 Å². The zero-order valence-electron chi connectivity index (χ0n) is 38.4. The molecule has 0 aliphatic carbocycles. The van der Waals surface area contributed by atoms with Crippen LogP contribution in [-0.2, 0) is 49.4 Å². The summed E-state index contributed by atoms with van der Waals surface area (Å²) in [7, 11) is -36.8. The molecule has 0 aromatic carbocycles. The molecule has 0 spiro atoms. The van der Waals surface area contributed by atoms with Gasteiger partial charge in [-0.2, -0.15) is 0 Å². The maximum atomic E-state index is 7.28. The van der Waals surface area contributed by atoms with Gasteiger partial charge in [0, 0.05) is 0 Å². The van der Waals surface area contributed by atoms with E-state index in [2.05, 4.69) is 177 Å². The molecular formula is C27H81O12Si13. The van der Waals surface area contributed by atoms with E-state index in [9.17, 15) is 0 Å². The predicted molar refractivity (Wildman–Crippen MR) is 246 cm³/mol. The Hall–Kier alpha value is 2.34. The zero-order valence-corrected chi connectivity index (χ0v) is 51.4. The van der Waals surface area contributed by atoms with Crippen LogP contribution in [0.1, 0.15) is 0 Å². The fraction of sp³-hybridized carbons (Fsp3) is 1.00. The predicted octanol–water partition coefficient (Wildman–Crippen LogP) is 9.99. The number of hydrogen-bond donors (Lipinski definition) is 0. The van der Waals surface area contributed by atoms with Gasteiger partial charge in [-0.05, 0) is 177 Å². The standard InChI is InChI=1S/C27H81O12Si13/c1-41(2,3)31-50(32-42(4,5)6,33-43(7,8)9)28-40(29-51(34-44(10,11)12,35-45(13,14)15)36-46(16,17)18)30-52(37-47(19,20)21,38-48(22,23)24)39-49(25,26)27/h1-27H3. The highest BCUT2D eigenvalue weighted by molar-refractivity contribution is 6.94. The van der Waals surface area contributed by atoms with Crippen LogP contribution in [0.15, 0.2) is 0 Å². The Balaban J connectivity index is 8.46. The molecule has 12 nitrogen and oxygen atoms in total. The van der Waals surface area contributed by atoms with E-state index in [1.54, 1.807) is 0 Å². The highest BCUT2D eigenvalue weighted by Crippen LogP contribution is 2.35. The van der Waals surface area contributed by atoms with Crippen LogP contribution in [0, 0.1) is 0 Å². The molecule has 0 aliphatic heterocycles. The average molecular weight is 963 g/mol. The summed E-state index contributed by atoms with van der Waals surface area (Å²) < 4.78 is 85.1. The monoisotopic (exact) mass is 961 g/mol. The lowest BCUT2D eigenvalue weighted by atomic mass is 11.8. The summed E-state index contributed by atoms with van der Waals surface area (Å²) in [5.41, 5.74) is 0. The zero-order chi connectivity index (χ0) is 42.1. The van der Waals surface area contributed by atoms with Crippen LogP contribution < -0.4 is 0 Å². The van der Waals surface area contributed by atoms with Crippen LogP contribution in [0.25, 0.3) is 0 Å². The van der Waals surface area contributed by atoms with E-state index in [0.29, 0.717) is 0 Å². The van der Waals surface area contributed by atoms with E-state index in [-0.39, 0.29) is 0 Å². The molecule has 0 rings (SSSR count). The van der Waals surface area contributed by atoms with Crippen LogP contribution in [0.5, 0.6) is 0 Å². The summed E-state index contributed by atoms with van der Waals surface area (Å²) in [6.07, 6.45) is 0. The topological polar surface area (TPSA) is 111 Å². The Morgan fingerprint density at radius 2 is 0.288 bits per heavy atom. The summed E-state index contributed by atoms with van der Waals surface area (Å²) in [6.45, 7) is 57.0. The molecule has 0 fully saturated rings. The minimum Gasteiger partial charge on any atom is -0.396 e. The van der Waals surface area contributed by atoms with Crippen molar-refractivity contribution >= 4 is 112 Å². The van der Waals surface area contributed by atoms with Gasteiger partial charge in [0.25, 0.3) is 0 Å². The highest BCUT2D eigenvalue weighted by atomic mass is 28.6. The second-order valence-electron chi connectivity index (χ2n) is 22.0. The van der Waals surface area contributed by atoms with Gasteiger partial charge < -0.3 is 49.4 Å². The minimum atomic E-state index is -4.06. The molecule has 0 heterocycles. The third-order valence-corrected chi connectivity index (χ3v) is 40.6. The van der Waals surface area contributed by atoms with Crippen molar-refractivity contribution in [2.45, 2.75) is 177 Å². The average Bonchev–Trinajstić information content (AvgIpc) is 2.59. The molecule has 313 valence electrons. The van der Waals surface area contributed by atoms with Gasteiger partial charge in [-0.1, -0.05) is 0 Å². The lowest BCUT2D eigenvalue weighted by Crippen LogP contribution is -2.71. The van der Waals surface area contributed by atoms with Crippen molar-refractivity contribution < 1.29 is 49.4 Å². The van der Waals surface area contributed by atoms with Crippen molar-refractivity contribution in [3.63, 3.8) is 0 Å². The van der Waals surface area contributed by atoms with Crippen LogP contribution >= 0.6 is 0 Å². The van der Waals surface area contributed by atoms with Crippen LogP contribution in [0.3, 0.4) is 0 Å². The van der Waals surface area contributed by atoms with Gasteiger partial charge in [0.1, 0.15) is 0 Å². The van der Waals surface area contributed by atoms with Gasteiger partial charge in [-0.15, -0.1) is 0 Å². The molecular weight excluding hydrogens is 881 g/mol. The first-order valence-corrected chi connectivity index (χ1v) is 55.2. The molecule has 0 unspecified atom stereocenters. The summed E-state index contributed by atoms with van der Waals surface area (Å²) in [5.74, 6) is 0. The maximum absolute atomic E-state index is 7.28. The third-order valence-electron chi connectivity index (χ3n) is 4.51. The number of hydrogen-bond acceptors (Lipinski definition) is 12. The van der Waals surface area contributed by atoms with Crippen molar-refractivity contribution in [2.75, 3.05) is 0 Å². The molecule has 0 aromatic heterocycles. The summed E-state index contributed by atoms with van der Waals surface area (Å²) in [6, 6.07) is 0. The molecule has 1 radical (unpaired) electrons. The van der Waals surface area contributed by atoms with E-state index in [1.165, 1.54) is 0 Å². The molecule has 0 saturated carbocycles. The van der Waals surface area contributed by atoms with Crippen molar-refractivity contribution in [3.05, 3.63) is 0 Å². The van der Waals surface area contributed by atoms with Gasteiger partial charge in [-0.3, -0.25) is 0 Å². The quantitative estimate of drug-likeness (QED) is 0.0859. The van der Waals surface area contributed by atoms with Gasteiger partial charge in [-0.25, -0.2) is 0 Å². The van der Waals surface area contributed by atoms with E-state index in [0.717, 1.165) is 0 Å². The summed E-state index contributed by atoms with van der Waals surface area (Å²) in [4.78, 5) is 0. The van der Waals surface area contributed by atoms with Crippen LogP contribution in [0.2, 0.25) is 177 Å². The first kappa shape index (κ1) is 54.3. The third kappa shape index (κ3) is 27.1. The smallest absolute Gasteiger partial charge is 0.396 e. The molecule has 25 heteroatoms. The largest absolute Gasteiger partial charge is 0.640 e. The molecule has 0 amide bonds. The van der Waals surface area contributed by atoms with Crippen LogP contribution in [0.4, 0.5) is 0 Å². The molecule has 0 saturated heterocycles. The van der Waals surface area contributed by atoms with Crippen molar-refractivity contribution in [1.29, 1.82) is 0 Å². The number of rotatable bonds is 24. The Bertz CT molecular complexity index is 846. The molecule has 0 atom stereocenters. The Labute approximate surface area is 335 Å². The lowest BCUT2D eigenvalue weighted by Gasteiger charge is -2.46. The summed E-state index contributed by atoms with van der Waals surface area (Å²) >= 11 is 0. The second kappa shape index (κ2) is 18.3. The van der Waals surface area contributed by atoms with Gasteiger partial charge in [0.15, 0.2) is 74.9 Å². The Morgan fingerprint density at radius 3 is 0.365 bits per heavy atom. The Kier molecular flexibility index (Phi) is 19.1. The molecule has 0 aromatic rings. The van der Waals surface area contributed by atoms with Gasteiger partial charge in [0.2, 0.25) is 0 Å². The van der Waals surface area contributed by atoms with E-state index < -0.39 is 112 Å². The van der Waals surface area contributed by atoms with Gasteiger partial charge in [0.05, 0.1) is 0 Å². The fourth-order valence-corrected chi connectivity index (χ4v) is 44.9. The minimum absolute atomic E-state index is 2.11. The van der Waals surface area contributed by atoms with Crippen LogP contribution in [-0.4, -0.2) is 112 Å². The fourth-order valence-electron chi connectivity index (χ4n) is 4.12. The van der Waals surface area contributed by atoms with Crippen molar-refractivity contribution in [2.24, 2.45) is 0 Å². The SMILES string of the molecule is C[Si](C)(C)O[Si](O[Si](O[Si](O[Si](C)(C)C)(O[Si](C)(C)C)O[Si](C)(C)C)O[Si](O[Si](C)(C)C)(O[Si](C)(C)C)O[Si](C)(C)C)(O[Si](C)(C)C)O[Si](C)(C)C. The first-order valence-electron chi connectivity index (χ1n) is 18.4. The Morgan fingerprint density at radius 1 is 0.192 bits per heavy atom. The second-order valence-corrected chi connectivity index (χ2v) is 73.3. The normalized spacial score (nSPS) is 15.9. The van der Waals surface area contributed by atoms with Gasteiger partial charge >= 0.3 is 36.7 Å².